The molecule has 0 radical (unpaired) electrons. The first-order chi connectivity index (χ1) is 7.61. The third-order valence-electron chi connectivity index (χ3n) is 2.84. The molecule has 0 fully saturated rings. The van der Waals surface area contributed by atoms with Gasteiger partial charge in [0.1, 0.15) is 0 Å². The van der Waals surface area contributed by atoms with Gasteiger partial charge >= 0.3 is 12.1 Å². The first-order valence-electron chi connectivity index (χ1n) is 5.35. The topological polar surface area (TPSA) is 66.8 Å². The zero-order valence-electron chi connectivity index (χ0n) is 9.55. The Morgan fingerprint density at radius 2 is 2.25 bits per heavy atom. The monoisotopic (exact) mass is 227 g/mol. The fourth-order valence-corrected chi connectivity index (χ4v) is 2.02. The molecule has 2 atom stereocenters. The fourth-order valence-electron chi connectivity index (χ4n) is 2.02. The average Bonchev–Trinajstić information content (AvgIpc) is 2.29. The van der Waals surface area contributed by atoms with Crippen LogP contribution < -0.4 is 0 Å². The summed E-state index contributed by atoms with van der Waals surface area (Å²) in [5.74, 6) is -0.722. The van der Waals surface area contributed by atoms with E-state index in [4.69, 9.17) is 9.84 Å². The third kappa shape index (κ3) is 2.53. The van der Waals surface area contributed by atoms with E-state index in [1.54, 1.807) is 13.0 Å². The number of ether oxygens (including phenoxy) is 1. The summed E-state index contributed by atoms with van der Waals surface area (Å²) >= 11 is 0. The summed E-state index contributed by atoms with van der Waals surface area (Å²) in [4.78, 5) is 23.8. The van der Waals surface area contributed by atoms with Crippen molar-refractivity contribution >= 4 is 12.1 Å². The SMILES string of the molecule is CCN(C(=O)O)C1C=CCCC1C(=O)OC. The number of methoxy groups -OCH3 is 1. The number of amides is 1. The Balaban J connectivity index is 2.88. The zero-order valence-corrected chi connectivity index (χ0v) is 9.55. The van der Waals surface area contributed by atoms with Crippen LogP contribution in [0.2, 0.25) is 0 Å². The molecule has 1 N–H and O–H groups in total. The molecule has 0 bridgehead atoms. The molecule has 1 aliphatic rings. The van der Waals surface area contributed by atoms with Crippen LogP contribution in [0.5, 0.6) is 0 Å². The first kappa shape index (κ1) is 12.5. The van der Waals surface area contributed by atoms with Crippen LogP contribution in [0.1, 0.15) is 19.8 Å². The van der Waals surface area contributed by atoms with Gasteiger partial charge in [-0.25, -0.2) is 4.79 Å². The van der Waals surface area contributed by atoms with E-state index in [9.17, 15) is 9.59 Å². The van der Waals surface area contributed by atoms with Crippen molar-refractivity contribution in [1.82, 2.24) is 4.90 Å². The van der Waals surface area contributed by atoms with Crippen molar-refractivity contribution in [3.8, 4) is 0 Å². The van der Waals surface area contributed by atoms with Crippen molar-refractivity contribution in [2.75, 3.05) is 13.7 Å². The summed E-state index contributed by atoms with van der Waals surface area (Å²) in [6.45, 7) is 2.11. The second-order valence-electron chi connectivity index (χ2n) is 3.69. The highest BCUT2D eigenvalue weighted by Crippen LogP contribution is 2.24. The van der Waals surface area contributed by atoms with E-state index in [1.165, 1.54) is 12.0 Å². The Morgan fingerprint density at radius 1 is 1.56 bits per heavy atom. The van der Waals surface area contributed by atoms with Crippen molar-refractivity contribution < 1.29 is 19.4 Å². The van der Waals surface area contributed by atoms with E-state index in [1.807, 2.05) is 6.08 Å². The summed E-state index contributed by atoms with van der Waals surface area (Å²) < 4.78 is 4.70. The van der Waals surface area contributed by atoms with Gasteiger partial charge in [0, 0.05) is 6.54 Å². The molecule has 0 aromatic heterocycles. The molecule has 5 nitrogen and oxygen atoms in total. The number of hydrogen-bond donors (Lipinski definition) is 1. The predicted octanol–water partition coefficient (Wildman–Crippen LogP) is 1.49. The number of likely N-dealkylation sites (N-methyl/N-ethyl adjacent to an activating group) is 1. The summed E-state index contributed by atoms with van der Waals surface area (Å²) in [6, 6.07) is -0.399. The molecule has 2 unspecified atom stereocenters. The highest BCUT2D eigenvalue weighted by atomic mass is 16.5. The molecule has 0 aromatic carbocycles. The number of hydrogen-bond acceptors (Lipinski definition) is 3. The van der Waals surface area contributed by atoms with E-state index in [-0.39, 0.29) is 11.9 Å². The molecule has 90 valence electrons. The molecular weight excluding hydrogens is 210 g/mol. The highest BCUT2D eigenvalue weighted by Gasteiger charge is 2.34. The number of carbonyl (C=O) groups is 2. The summed E-state index contributed by atoms with van der Waals surface area (Å²) in [7, 11) is 1.33. The predicted molar refractivity (Wildman–Crippen MR) is 58.1 cm³/mol. The Labute approximate surface area is 94.7 Å². The van der Waals surface area contributed by atoms with Gasteiger partial charge in [-0.05, 0) is 19.8 Å². The van der Waals surface area contributed by atoms with E-state index >= 15 is 0 Å². The molecule has 0 saturated heterocycles. The summed E-state index contributed by atoms with van der Waals surface area (Å²) in [5.41, 5.74) is 0. The zero-order chi connectivity index (χ0) is 12.1. The van der Waals surface area contributed by atoms with Gasteiger partial charge in [0.2, 0.25) is 0 Å². The maximum atomic E-state index is 11.5. The second-order valence-corrected chi connectivity index (χ2v) is 3.69. The standard InChI is InChI=1S/C11H17NO4/c1-3-12(11(14)15)9-7-5-4-6-8(9)10(13)16-2/h5,7-9H,3-4,6H2,1-2H3,(H,14,15). The minimum absolute atomic E-state index is 0.339. The molecule has 0 aliphatic heterocycles. The fraction of sp³-hybridized carbons (Fsp3) is 0.636. The molecule has 0 heterocycles. The van der Waals surface area contributed by atoms with E-state index < -0.39 is 12.1 Å². The van der Waals surface area contributed by atoms with Crippen LogP contribution >= 0.6 is 0 Å². The van der Waals surface area contributed by atoms with Gasteiger partial charge in [-0.2, -0.15) is 0 Å². The molecular formula is C11H17NO4. The molecule has 5 heteroatoms. The normalized spacial score (nSPS) is 23.9. The van der Waals surface area contributed by atoms with Gasteiger partial charge in [-0.1, -0.05) is 12.2 Å². The van der Waals surface area contributed by atoms with Gasteiger partial charge in [0.25, 0.3) is 0 Å². The van der Waals surface area contributed by atoms with Crippen LogP contribution in [-0.2, 0) is 9.53 Å². The minimum atomic E-state index is -1.01. The molecule has 0 saturated carbocycles. The summed E-state index contributed by atoms with van der Waals surface area (Å²) in [6.07, 6.45) is 4.11. The first-order valence-corrected chi connectivity index (χ1v) is 5.35. The minimum Gasteiger partial charge on any atom is -0.469 e. The number of carbonyl (C=O) groups excluding carboxylic acids is 1. The number of rotatable bonds is 3. The lowest BCUT2D eigenvalue weighted by atomic mass is 9.88. The van der Waals surface area contributed by atoms with Crippen LogP contribution in [0.25, 0.3) is 0 Å². The molecule has 1 aliphatic carbocycles. The van der Waals surface area contributed by atoms with E-state index in [0.29, 0.717) is 13.0 Å². The largest absolute Gasteiger partial charge is 0.469 e. The lowest BCUT2D eigenvalue weighted by molar-refractivity contribution is -0.147. The highest BCUT2D eigenvalue weighted by molar-refractivity contribution is 5.75. The van der Waals surface area contributed by atoms with Crippen molar-refractivity contribution in [1.29, 1.82) is 0 Å². The maximum absolute atomic E-state index is 11.5. The third-order valence-corrected chi connectivity index (χ3v) is 2.84. The molecule has 0 spiro atoms. The van der Waals surface area contributed by atoms with E-state index in [0.717, 1.165) is 6.42 Å². The number of allylic oxidation sites excluding steroid dienone is 1. The Morgan fingerprint density at radius 3 is 2.75 bits per heavy atom. The van der Waals surface area contributed by atoms with Crippen molar-refractivity contribution in [3.05, 3.63) is 12.2 Å². The van der Waals surface area contributed by atoms with Gasteiger partial charge in [-0.15, -0.1) is 0 Å². The Bertz CT molecular complexity index is 300. The van der Waals surface area contributed by atoms with Crippen molar-refractivity contribution in [2.24, 2.45) is 5.92 Å². The van der Waals surface area contributed by atoms with E-state index in [2.05, 4.69) is 0 Å². The van der Waals surface area contributed by atoms with Crippen LogP contribution in [0.3, 0.4) is 0 Å². The van der Waals surface area contributed by atoms with Crippen LogP contribution in [0.4, 0.5) is 4.79 Å². The molecule has 1 rings (SSSR count). The van der Waals surface area contributed by atoms with Gasteiger partial charge < -0.3 is 14.7 Å². The number of carboxylic acid groups (broad SMARTS) is 1. The molecule has 16 heavy (non-hydrogen) atoms. The van der Waals surface area contributed by atoms with Gasteiger partial charge in [-0.3, -0.25) is 4.79 Å². The Hall–Kier alpha value is -1.52. The smallest absolute Gasteiger partial charge is 0.407 e. The van der Waals surface area contributed by atoms with Crippen LogP contribution in [0, 0.1) is 5.92 Å². The lowest BCUT2D eigenvalue weighted by Crippen LogP contribution is -2.46. The maximum Gasteiger partial charge on any atom is 0.407 e. The molecule has 1 amide bonds. The van der Waals surface area contributed by atoms with Crippen molar-refractivity contribution in [2.45, 2.75) is 25.8 Å². The summed E-state index contributed by atoms with van der Waals surface area (Å²) in [5, 5.41) is 9.04. The van der Waals surface area contributed by atoms with Crippen LogP contribution in [0.15, 0.2) is 12.2 Å². The van der Waals surface area contributed by atoms with Crippen LogP contribution in [-0.4, -0.2) is 41.8 Å². The van der Waals surface area contributed by atoms with Gasteiger partial charge in [0.05, 0.1) is 19.1 Å². The molecule has 0 aromatic rings. The lowest BCUT2D eigenvalue weighted by Gasteiger charge is -2.33. The number of nitrogens with zero attached hydrogens (tertiary/aromatic N) is 1. The Kier molecular flexibility index (Phi) is 4.34. The van der Waals surface area contributed by atoms with Gasteiger partial charge in [0.15, 0.2) is 0 Å². The van der Waals surface area contributed by atoms with Crippen molar-refractivity contribution in [3.63, 3.8) is 0 Å². The second kappa shape index (κ2) is 5.53. The average molecular weight is 227 g/mol. The number of esters is 1. The quantitative estimate of drug-likeness (QED) is 0.586.